The van der Waals surface area contributed by atoms with Crippen LogP contribution in [0.5, 0.6) is 0 Å². The molecule has 0 aliphatic rings. The molecule has 92 valence electrons. The lowest BCUT2D eigenvalue weighted by molar-refractivity contribution is 0.142. The molecule has 0 spiro atoms. The standard InChI is InChI=1S/C13H25N3/c1-7-12-11(10-16(6)14-12)9-15(5)13(3,4)8-2/h10H,7-9H2,1-6H3. The topological polar surface area (TPSA) is 21.1 Å². The Morgan fingerprint density at radius 1 is 1.38 bits per heavy atom. The van der Waals surface area contributed by atoms with Crippen molar-refractivity contribution in [3.05, 3.63) is 17.5 Å². The highest BCUT2D eigenvalue weighted by Crippen LogP contribution is 2.20. The summed E-state index contributed by atoms with van der Waals surface area (Å²) in [5, 5.41) is 4.48. The van der Waals surface area contributed by atoms with Crippen LogP contribution in [0.15, 0.2) is 6.20 Å². The Morgan fingerprint density at radius 3 is 2.50 bits per heavy atom. The second-order valence-corrected chi connectivity index (χ2v) is 5.15. The first-order chi connectivity index (χ1) is 7.40. The minimum Gasteiger partial charge on any atom is -0.297 e. The van der Waals surface area contributed by atoms with Gasteiger partial charge in [0.15, 0.2) is 0 Å². The van der Waals surface area contributed by atoms with E-state index in [9.17, 15) is 0 Å². The molecule has 0 bridgehead atoms. The molecule has 0 atom stereocenters. The molecule has 0 amide bonds. The zero-order valence-electron chi connectivity index (χ0n) is 11.5. The predicted octanol–water partition coefficient (Wildman–Crippen LogP) is 2.60. The third kappa shape index (κ3) is 2.85. The van der Waals surface area contributed by atoms with Crippen molar-refractivity contribution < 1.29 is 0 Å². The van der Waals surface area contributed by atoms with Crippen molar-refractivity contribution in [3.63, 3.8) is 0 Å². The van der Waals surface area contributed by atoms with Crippen LogP contribution in [0.4, 0.5) is 0 Å². The van der Waals surface area contributed by atoms with Gasteiger partial charge >= 0.3 is 0 Å². The molecule has 1 rings (SSSR count). The first-order valence-corrected chi connectivity index (χ1v) is 6.13. The van der Waals surface area contributed by atoms with Gasteiger partial charge in [-0.3, -0.25) is 9.58 Å². The molecule has 1 aromatic heterocycles. The van der Waals surface area contributed by atoms with E-state index < -0.39 is 0 Å². The highest BCUT2D eigenvalue weighted by Gasteiger charge is 2.22. The van der Waals surface area contributed by atoms with Crippen molar-refractivity contribution in [3.8, 4) is 0 Å². The molecule has 0 saturated carbocycles. The Balaban J connectivity index is 2.80. The zero-order valence-corrected chi connectivity index (χ0v) is 11.5. The molecule has 0 fully saturated rings. The van der Waals surface area contributed by atoms with Crippen molar-refractivity contribution in [2.45, 2.75) is 52.6 Å². The monoisotopic (exact) mass is 223 g/mol. The number of hydrogen-bond acceptors (Lipinski definition) is 2. The van der Waals surface area contributed by atoms with Gasteiger partial charge in [0.2, 0.25) is 0 Å². The number of aryl methyl sites for hydroxylation is 2. The first kappa shape index (κ1) is 13.2. The van der Waals surface area contributed by atoms with Crippen molar-refractivity contribution in [1.82, 2.24) is 14.7 Å². The molecule has 0 unspecified atom stereocenters. The number of nitrogens with zero attached hydrogens (tertiary/aromatic N) is 3. The number of aromatic nitrogens is 2. The van der Waals surface area contributed by atoms with Crippen molar-refractivity contribution in [1.29, 1.82) is 0 Å². The van der Waals surface area contributed by atoms with E-state index in [0.717, 1.165) is 19.4 Å². The highest BCUT2D eigenvalue weighted by molar-refractivity contribution is 5.17. The molecule has 0 aliphatic heterocycles. The van der Waals surface area contributed by atoms with Crippen LogP contribution in [-0.2, 0) is 20.0 Å². The van der Waals surface area contributed by atoms with Crippen molar-refractivity contribution >= 4 is 0 Å². The summed E-state index contributed by atoms with van der Waals surface area (Å²) in [6.07, 6.45) is 4.31. The van der Waals surface area contributed by atoms with Gasteiger partial charge < -0.3 is 0 Å². The summed E-state index contributed by atoms with van der Waals surface area (Å²) in [5.41, 5.74) is 2.83. The first-order valence-electron chi connectivity index (χ1n) is 6.13. The van der Waals surface area contributed by atoms with E-state index in [2.05, 4.69) is 50.9 Å². The Morgan fingerprint density at radius 2 is 2.00 bits per heavy atom. The molecule has 16 heavy (non-hydrogen) atoms. The maximum absolute atomic E-state index is 4.48. The van der Waals surface area contributed by atoms with Gasteiger partial charge in [-0.05, 0) is 33.7 Å². The Kier molecular flexibility index (Phi) is 4.14. The summed E-state index contributed by atoms with van der Waals surface area (Å²) in [6.45, 7) is 9.96. The second-order valence-electron chi connectivity index (χ2n) is 5.15. The third-order valence-corrected chi connectivity index (χ3v) is 3.63. The van der Waals surface area contributed by atoms with Gasteiger partial charge in [0, 0.05) is 30.9 Å². The molecule has 3 nitrogen and oxygen atoms in total. The van der Waals surface area contributed by atoms with Gasteiger partial charge in [-0.25, -0.2) is 0 Å². The van der Waals surface area contributed by atoms with Crippen LogP contribution in [0.3, 0.4) is 0 Å². The smallest absolute Gasteiger partial charge is 0.0666 e. The van der Waals surface area contributed by atoms with Gasteiger partial charge in [-0.1, -0.05) is 13.8 Å². The number of rotatable bonds is 5. The van der Waals surface area contributed by atoms with E-state index in [1.165, 1.54) is 11.3 Å². The molecule has 3 heteroatoms. The largest absolute Gasteiger partial charge is 0.297 e. The summed E-state index contributed by atoms with van der Waals surface area (Å²) >= 11 is 0. The number of hydrogen-bond donors (Lipinski definition) is 0. The Hall–Kier alpha value is -0.830. The highest BCUT2D eigenvalue weighted by atomic mass is 15.3. The quantitative estimate of drug-likeness (QED) is 0.765. The molecule has 1 aromatic rings. The molecule has 0 radical (unpaired) electrons. The van der Waals surface area contributed by atoms with Crippen LogP contribution < -0.4 is 0 Å². The van der Waals surface area contributed by atoms with Crippen LogP contribution >= 0.6 is 0 Å². The lowest BCUT2D eigenvalue weighted by Crippen LogP contribution is -2.39. The van der Waals surface area contributed by atoms with E-state index in [4.69, 9.17) is 0 Å². The van der Waals surface area contributed by atoms with Crippen LogP contribution in [0.1, 0.15) is 45.4 Å². The molecule has 0 N–H and O–H groups in total. The van der Waals surface area contributed by atoms with Crippen LogP contribution in [0.2, 0.25) is 0 Å². The predicted molar refractivity (Wildman–Crippen MR) is 68.4 cm³/mol. The summed E-state index contributed by atoms with van der Waals surface area (Å²) in [5.74, 6) is 0. The summed E-state index contributed by atoms with van der Waals surface area (Å²) in [4.78, 5) is 2.41. The molecule has 0 aliphatic carbocycles. The molecule has 1 heterocycles. The van der Waals surface area contributed by atoms with Gasteiger partial charge in [-0.2, -0.15) is 5.10 Å². The molecular weight excluding hydrogens is 198 g/mol. The average Bonchev–Trinajstić information content (AvgIpc) is 2.58. The van der Waals surface area contributed by atoms with E-state index in [1.807, 2.05) is 11.7 Å². The Labute approximate surface area is 99.4 Å². The zero-order chi connectivity index (χ0) is 12.3. The lowest BCUT2D eigenvalue weighted by Gasteiger charge is -2.34. The van der Waals surface area contributed by atoms with Gasteiger partial charge in [0.1, 0.15) is 0 Å². The van der Waals surface area contributed by atoms with E-state index in [1.54, 1.807) is 0 Å². The van der Waals surface area contributed by atoms with Crippen molar-refractivity contribution in [2.75, 3.05) is 7.05 Å². The summed E-state index contributed by atoms with van der Waals surface area (Å²) in [7, 11) is 4.18. The fourth-order valence-electron chi connectivity index (χ4n) is 1.75. The van der Waals surface area contributed by atoms with E-state index >= 15 is 0 Å². The minimum atomic E-state index is 0.251. The van der Waals surface area contributed by atoms with Gasteiger partial charge in [0.25, 0.3) is 0 Å². The van der Waals surface area contributed by atoms with Crippen LogP contribution in [0, 0.1) is 0 Å². The SMILES string of the molecule is CCc1nn(C)cc1CN(C)C(C)(C)CC. The lowest BCUT2D eigenvalue weighted by atomic mass is 9.99. The van der Waals surface area contributed by atoms with Crippen LogP contribution in [0.25, 0.3) is 0 Å². The molecule has 0 saturated heterocycles. The van der Waals surface area contributed by atoms with Crippen molar-refractivity contribution in [2.24, 2.45) is 7.05 Å². The summed E-state index contributed by atoms with van der Waals surface area (Å²) < 4.78 is 1.92. The maximum Gasteiger partial charge on any atom is 0.0666 e. The normalized spacial score (nSPS) is 12.4. The average molecular weight is 223 g/mol. The third-order valence-electron chi connectivity index (χ3n) is 3.63. The van der Waals surface area contributed by atoms with Gasteiger partial charge in [-0.15, -0.1) is 0 Å². The minimum absolute atomic E-state index is 0.251. The van der Waals surface area contributed by atoms with Gasteiger partial charge in [0.05, 0.1) is 5.69 Å². The maximum atomic E-state index is 4.48. The Bertz CT molecular complexity index is 339. The molecular formula is C13H25N3. The summed E-state index contributed by atoms with van der Waals surface area (Å²) in [6, 6.07) is 0. The fourth-order valence-corrected chi connectivity index (χ4v) is 1.75. The second kappa shape index (κ2) is 5.00. The fraction of sp³-hybridized carbons (Fsp3) is 0.769. The van der Waals surface area contributed by atoms with Crippen LogP contribution in [-0.4, -0.2) is 27.3 Å². The van der Waals surface area contributed by atoms with E-state index in [-0.39, 0.29) is 5.54 Å². The van der Waals surface area contributed by atoms with E-state index in [0.29, 0.717) is 0 Å². The molecule has 0 aromatic carbocycles.